The first-order chi connectivity index (χ1) is 8.10. The maximum atomic E-state index is 11.1. The van der Waals surface area contributed by atoms with E-state index in [1.54, 1.807) is 12.1 Å². The highest BCUT2D eigenvalue weighted by atomic mass is 31.2. The maximum Gasteiger partial charge on any atom is 0.340 e. The summed E-state index contributed by atoms with van der Waals surface area (Å²) in [5.74, 6) is 0. The number of rotatable bonds is 5. The lowest BCUT2D eigenvalue weighted by molar-refractivity contribution is 0.335. The molecule has 102 valence electrons. The van der Waals surface area contributed by atoms with E-state index in [2.05, 4.69) is 0 Å². The van der Waals surface area contributed by atoms with Gasteiger partial charge in [0.05, 0.1) is 0 Å². The van der Waals surface area contributed by atoms with Crippen molar-refractivity contribution in [2.24, 2.45) is 0 Å². The molecule has 0 spiro atoms. The average molecular weight is 294 g/mol. The van der Waals surface area contributed by atoms with Crippen LogP contribution in [0.2, 0.25) is 0 Å². The van der Waals surface area contributed by atoms with Gasteiger partial charge in [0.25, 0.3) is 0 Å². The number of aryl methyl sites for hydroxylation is 2. The first-order valence-electron chi connectivity index (χ1n) is 5.26. The van der Waals surface area contributed by atoms with Crippen molar-refractivity contribution >= 4 is 15.2 Å². The summed E-state index contributed by atoms with van der Waals surface area (Å²) in [5, 5.41) is -1.93. The third-order valence-electron chi connectivity index (χ3n) is 2.55. The molecular formula is C10H16O6P2. The van der Waals surface area contributed by atoms with Gasteiger partial charge in [0.2, 0.25) is 0 Å². The van der Waals surface area contributed by atoms with Gasteiger partial charge >= 0.3 is 15.2 Å². The lowest BCUT2D eigenvalue weighted by atomic mass is 10.1. The molecule has 0 unspecified atom stereocenters. The second kappa shape index (κ2) is 5.66. The molecule has 1 aromatic carbocycles. The molecule has 0 bridgehead atoms. The molecule has 6 nitrogen and oxygen atoms in total. The smallest absolute Gasteiger partial charge is 0.324 e. The number of hydrogen-bond donors (Lipinski definition) is 4. The van der Waals surface area contributed by atoms with Crippen LogP contribution in [0.1, 0.15) is 17.5 Å². The van der Waals surface area contributed by atoms with Crippen LogP contribution >= 0.6 is 15.2 Å². The van der Waals surface area contributed by atoms with E-state index in [1.165, 1.54) is 0 Å². The summed E-state index contributed by atoms with van der Waals surface area (Å²) >= 11 is 0. The molecule has 4 N–H and O–H groups in total. The normalized spacial score (nSPS) is 13.0. The second-order valence-corrected chi connectivity index (χ2v) is 8.20. The van der Waals surface area contributed by atoms with E-state index in [4.69, 9.17) is 19.6 Å². The van der Waals surface area contributed by atoms with E-state index in [0.717, 1.165) is 11.1 Å². The van der Waals surface area contributed by atoms with Gasteiger partial charge in [-0.1, -0.05) is 29.8 Å². The quantitative estimate of drug-likeness (QED) is 0.613. The fraction of sp³-hybridized carbons (Fsp3) is 0.400. The molecule has 0 saturated carbocycles. The Balaban J connectivity index is 2.82. The fourth-order valence-electron chi connectivity index (χ4n) is 1.70. The highest BCUT2D eigenvalue weighted by molar-refractivity contribution is 7.70. The monoisotopic (exact) mass is 294 g/mol. The van der Waals surface area contributed by atoms with Gasteiger partial charge < -0.3 is 19.6 Å². The average Bonchev–Trinajstić information content (AvgIpc) is 2.13. The predicted molar refractivity (Wildman–Crippen MR) is 67.4 cm³/mol. The third-order valence-corrected chi connectivity index (χ3v) is 6.42. The minimum Gasteiger partial charge on any atom is -0.324 e. The van der Waals surface area contributed by atoms with Gasteiger partial charge in [-0.3, -0.25) is 9.13 Å². The van der Waals surface area contributed by atoms with E-state index in [1.807, 2.05) is 19.1 Å². The van der Waals surface area contributed by atoms with Gasteiger partial charge in [0, 0.05) is 0 Å². The predicted octanol–water partition coefficient (Wildman–Crippen LogP) is 1.61. The minimum absolute atomic E-state index is 0.211. The molecular weight excluding hydrogens is 278 g/mol. The molecule has 1 aromatic rings. The lowest BCUT2D eigenvalue weighted by Crippen LogP contribution is -2.10. The summed E-state index contributed by atoms with van der Waals surface area (Å²) in [6, 6.07) is 7.22. The molecule has 0 atom stereocenters. The van der Waals surface area contributed by atoms with Crippen molar-refractivity contribution in [2.75, 3.05) is 0 Å². The van der Waals surface area contributed by atoms with Crippen molar-refractivity contribution in [1.29, 1.82) is 0 Å². The van der Waals surface area contributed by atoms with E-state index >= 15 is 0 Å². The second-order valence-electron chi connectivity index (χ2n) is 4.19. The lowest BCUT2D eigenvalue weighted by Gasteiger charge is -2.19. The van der Waals surface area contributed by atoms with E-state index in [0.29, 0.717) is 0 Å². The SMILES string of the molecule is Cc1cccc(CCC(P(=O)(O)O)P(=O)(O)O)c1. The Labute approximate surface area is 105 Å². The van der Waals surface area contributed by atoms with Crippen LogP contribution in [-0.2, 0) is 15.6 Å². The molecule has 0 aliphatic carbocycles. The molecule has 0 saturated heterocycles. The highest BCUT2D eigenvalue weighted by Gasteiger charge is 2.42. The van der Waals surface area contributed by atoms with Crippen molar-refractivity contribution in [3.8, 4) is 0 Å². The third kappa shape index (κ3) is 4.65. The molecule has 0 amide bonds. The van der Waals surface area contributed by atoms with E-state index < -0.39 is 20.6 Å². The summed E-state index contributed by atoms with van der Waals surface area (Å²) in [4.78, 5) is 35.9. The molecule has 0 radical (unpaired) electrons. The Kier molecular flexibility index (Phi) is 4.90. The Bertz CT molecular complexity index is 481. The van der Waals surface area contributed by atoms with Gasteiger partial charge in [-0.2, -0.15) is 0 Å². The summed E-state index contributed by atoms with van der Waals surface area (Å²) in [6.07, 6.45) is -0.0411. The number of hydrogen-bond acceptors (Lipinski definition) is 2. The van der Waals surface area contributed by atoms with Gasteiger partial charge in [0.15, 0.2) is 5.40 Å². The molecule has 0 aliphatic heterocycles. The van der Waals surface area contributed by atoms with Gasteiger partial charge in [-0.05, 0) is 25.3 Å². The van der Waals surface area contributed by atoms with Crippen molar-refractivity contribution in [3.05, 3.63) is 35.4 Å². The molecule has 0 aliphatic rings. The topological polar surface area (TPSA) is 115 Å². The van der Waals surface area contributed by atoms with Crippen LogP contribution < -0.4 is 0 Å². The summed E-state index contributed by atoms with van der Waals surface area (Å²) in [6.45, 7) is 1.87. The van der Waals surface area contributed by atoms with E-state index in [-0.39, 0.29) is 12.8 Å². The largest absolute Gasteiger partial charge is 0.340 e. The zero-order valence-electron chi connectivity index (χ0n) is 9.80. The van der Waals surface area contributed by atoms with Gasteiger partial charge in [-0.15, -0.1) is 0 Å². The van der Waals surface area contributed by atoms with Crippen LogP contribution in [0.25, 0.3) is 0 Å². The first kappa shape index (κ1) is 15.6. The zero-order chi connectivity index (χ0) is 14.0. The van der Waals surface area contributed by atoms with Crippen LogP contribution in [0.15, 0.2) is 24.3 Å². The maximum absolute atomic E-state index is 11.1. The van der Waals surface area contributed by atoms with Crippen molar-refractivity contribution in [1.82, 2.24) is 0 Å². The van der Waals surface area contributed by atoms with Gasteiger partial charge in [-0.25, -0.2) is 0 Å². The van der Waals surface area contributed by atoms with Crippen LogP contribution in [0, 0.1) is 6.92 Å². The van der Waals surface area contributed by atoms with E-state index in [9.17, 15) is 9.13 Å². The Morgan fingerprint density at radius 2 is 1.67 bits per heavy atom. The summed E-state index contributed by atoms with van der Waals surface area (Å²) < 4.78 is 22.1. The molecule has 18 heavy (non-hydrogen) atoms. The van der Waals surface area contributed by atoms with Crippen LogP contribution in [0.4, 0.5) is 0 Å². The Hall–Kier alpha value is -0.480. The fourth-order valence-corrected chi connectivity index (χ4v) is 4.19. The molecule has 1 rings (SSSR count). The Morgan fingerprint density at radius 1 is 1.11 bits per heavy atom. The zero-order valence-corrected chi connectivity index (χ0v) is 11.6. The van der Waals surface area contributed by atoms with Crippen molar-refractivity contribution in [3.63, 3.8) is 0 Å². The number of benzene rings is 1. The van der Waals surface area contributed by atoms with Crippen molar-refractivity contribution < 1.29 is 28.7 Å². The van der Waals surface area contributed by atoms with Crippen LogP contribution in [0.3, 0.4) is 0 Å². The Morgan fingerprint density at radius 3 is 2.11 bits per heavy atom. The molecule has 0 heterocycles. The molecule has 0 fully saturated rings. The van der Waals surface area contributed by atoms with Crippen LogP contribution in [-0.4, -0.2) is 25.0 Å². The first-order valence-corrected chi connectivity index (χ1v) is 8.63. The minimum atomic E-state index is -4.81. The van der Waals surface area contributed by atoms with Crippen molar-refractivity contribution in [2.45, 2.75) is 25.2 Å². The molecule has 0 aromatic heterocycles. The summed E-state index contributed by atoms with van der Waals surface area (Å²) in [5.41, 5.74) is 1.78. The highest BCUT2D eigenvalue weighted by Crippen LogP contribution is 2.61. The summed E-state index contributed by atoms with van der Waals surface area (Å²) in [7, 11) is -9.62. The van der Waals surface area contributed by atoms with Crippen LogP contribution in [0.5, 0.6) is 0 Å². The molecule has 8 heteroatoms. The van der Waals surface area contributed by atoms with Gasteiger partial charge in [0.1, 0.15) is 0 Å². The standard InChI is InChI=1S/C10H16O6P2/c1-8-3-2-4-9(7-8)5-6-10(17(11,12)13)18(14,15)16/h2-4,7,10H,5-6H2,1H3,(H2,11,12,13)(H2,14,15,16).